The van der Waals surface area contributed by atoms with Gasteiger partial charge < -0.3 is 0 Å². The summed E-state index contributed by atoms with van der Waals surface area (Å²) in [5.41, 5.74) is 1.58. The molecule has 0 atom stereocenters. The molecule has 0 saturated carbocycles. The summed E-state index contributed by atoms with van der Waals surface area (Å²) >= 11 is 0. The van der Waals surface area contributed by atoms with E-state index in [-0.39, 0.29) is 0 Å². The second-order valence-corrected chi connectivity index (χ2v) is 13.1. The molecule has 0 spiro atoms. The SMILES string of the molecule is CCCCCCCCCCCC[PH](CC)(CC)Cc1ccccc1. The molecule has 1 rings (SSSR count). The van der Waals surface area contributed by atoms with Crippen molar-refractivity contribution in [2.75, 3.05) is 18.5 Å². The Labute approximate surface area is 153 Å². The summed E-state index contributed by atoms with van der Waals surface area (Å²) in [4.78, 5) is 0. The van der Waals surface area contributed by atoms with Gasteiger partial charge in [-0.25, -0.2) is 0 Å². The molecule has 0 N–H and O–H groups in total. The van der Waals surface area contributed by atoms with Crippen molar-refractivity contribution in [2.45, 2.75) is 91.1 Å². The van der Waals surface area contributed by atoms with E-state index in [9.17, 15) is 0 Å². The van der Waals surface area contributed by atoms with Crippen LogP contribution in [0.15, 0.2) is 30.3 Å². The minimum atomic E-state index is -1.07. The second-order valence-electron chi connectivity index (χ2n) is 7.80. The first kappa shape index (κ1) is 21.7. The third-order valence-corrected chi connectivity index (χ3v) is 11.6. The van der Waals surface area contributed by atoms with Gasteiger partial charge in [-0.1, -0.05) is 0 Å². The van der Waals surface area contributed by atoms with Crippen molar-refractivity contribution in [3.8, 4) is 0 Å². The van der Waals surface area contributed by atoms with Gasteiger partial charge in [-0.05, 0) is 0 Å². The zero-order valence-corrected chi connectivity index (χ0v) is 17.8. The van der Waals surface area contributed by atoms with Crippen molar-refractivity contribution in [3.05, 3.63) is 35.9 Å². The molecule has 0 radical (unpaired) electrons. The standard InChI is InChI=1S/C23H43P/c1-4-7-8-9-10-11-12-13-14-18-21-24(5-2,6-3)22-23-19-16-15-17-20-23/h15-17,19-20,24H,4-14,18,21-22H2,1-3H3. The van der Waals surface area contributed by atoms with Crippen LogP contribution < -0.4 is 0 Å². The molecule has 0 aliphatic carbocycles. The first-order chi connectivity index (χ1) is 11.8. The van der Waals surface area contributed by atoms with Gasteiger partial charge in [-0.15, -0.1) is 0 Å². The van der Waals surface area contributed by atoms with Crippen LogP contribution in [0.2, 0.25) is 0 Å². The predicted octanol–water partition coefficient (Wildman–Crippen LogP) is 7.90. The molecular weight excluding hydrogens is 307 g/mol. The van der Waals surface area contributed by atoms with Gasteiger partial charge in [0.2, 0.25) is 0 Å². The molecule has 0 aliphatic rings. The summed E-state index contributed by atoms with van der Waals surface area (Å²) in [6.07, 6.45) is 20.4. The topological polar surface area (TPSA) is 0 Å². The van der Waals surface area contributed by atoms with Crippen LogP contribution in [0.3, 0.4) is 0 Å². The van der Waals surface area contributed by atoms with E-state index in [1.165, 1.54) is 82.7 Å². The van der Waals surface area contributed by atoms with Gasteiger partial charge in [0, 0.05) is 0 Å². The normalized spacial score (nSPS) is 12.5. The molecule has 1 aromatic rings. The van der Waals surface area contributed by atoms with Crippen molar-refractivity contribution < 1.29 is 0 Å². The maximum absolute atomic E-state index is 2.45. The quantitative estimate of drug-likeness (QED) is 0.223. The van der Waals surface area contributed by atoms with Gasteiger partial charge in [-0.2, -0.15) is 0 Å². The minimum absolute atomic E-state index is 1.07. The van der Waals surface area contributed by atoms with Gasteiger partial charge in [-0.3, -0.25) is 0 Å². The predicted molar refractivity (Wildman–Crippen MR) is 116 cm³/mol. The summed E-state index contributed by atoms with van der Waals surface area (Å²) in [6, 6.07) is 11.2. The molecule has 0 bridgehead atoms. The first-order valence-corrected chi connectivity index (χ1v) is 13.6. The molecule has 24 heavy (non-hydrogen) atoms. The van der Waals surface area contributed by atoms with Crippen molar-refractivity contribution in [3.63, 3.8) is 0 Å². The summed E-state index contributed by atoms with van der Waals surface area (Å²) in [6.45, 7) is 7.21. The fourth-order valence-corrected chi connectivity index (χ4v) is 7.94. The summed E-state index contributed by atoms with van der Waals surface area (Å²) in [5.74, 6) is 0. The zero-order valence-electron chi connectivity index (χ0n) is 16.8. The molecular formula is C23H43P. The summed E-state index contributed by atoms with van der Waals surface area (Å²) < 4.78 is 0. The fraction of sp³-hybridized carbons (Fsp3) is 0.739. The van der Waals surface area contributed by atoms with Gasteiger partial charge in [0.25, 0.3) is 0 Å². The number of rotatable bonds is 15. The Morgan fingerprint density at radius 1 is 0.625 bits per heavy atom. The van der Waals surface area contributed by atoms with Crippen molar-refractivity contribution >= 4 is 7.26 Å². The number of unbranched alkanes of at least 4 members (excludes halogenated alkanes) is 9. The van der Waals surface area contributed by atoms with Gasteiger partial charge >= 0.3 is 153 Å². The van der Waals surface area contributed by atoms with Crippen LogP contribution in [-0.4, -0.2) is 18.5 Å². The molecule has 0 amide bonds. The molecule has 0 aliphatic heterocycles. The average Bonchev–Trinajstić information content (AvgIpc) is 2.63. The van der Waals surface area contributed by atoms with E-state index in [1.54, 1.807) is 11.7 Å². The third kappa shape index (κ3) is 9.22. The summed E-state index contributed by atoms with van der Waals surface area (Å²) in [5, 5.41) is 0. The Bertz CT molecular complexity index is 380. The van der Waals surface area contributed by atoms with Crippen LogP contribution in [0.1, 0.15) is 90.5 Å². The Morgan fingerprint density at radius 2 is 1.12 bits per heavy atom. The number of hydrogen-bond acceptors (Lipinski definition) is 0. The van der Waals surface area contributed by atoms with Gasteiger partial charge in [0.15, 0.2) is 0 Å². The van der Waals surface area contributed by atoms with E-state index in [4.69, 9.17) is 0 Å². The molecule has 1 heteroatoms. The first-order valence-electron chi connectivity index (χ1n) is 10.8. The Morgan fingerprint density at radius 3 is 1.62 bits per heavy atom. The zero-order chi connectivity index (χ0) is 17.5. The van der Waals surface area contributed by atoms with Crippen molar-refractivity contribution in [1.82, 2.24) is 0 Å². The average molecular weight is 351 g/mol. The van der Waals surface area contributed by atoms with Crippen LogP contribution >= 0.6 is 7.26 Å². The van der Waals surface area contributed by atoms with E-state index < -0.39 is 7.26 Å². The summed E-state index contributed by atoms with van der Waals surface area (Å²) in [7, 11) is -1.07. The monoisotopic (exact) mass is 350 g/mol. The molecule has 0 unspecified atom stereocenters. The van der Waals surface area contributed by atoms with Crippen LogP contribution in [0.5, 0.6) is 0 Å². The van der Waals surface area contributed by atoms with E-state index in [2.05, 4.69) is 51.1 Å². The number of hydrogen-bond donors (Lipinski definition) is 0. The molecule has 0 aromatic heterocycles. The molecule has 0 heterocycles. The van der Waals surface area contributed by atoms with E-state index in [1.807, 2.05) is 0 Å². The fourth-order valence-electron chi connectivity index (χ4n) is 3.96. The van der Waals surface area contributed by atoms with E-state index in [0.717, 1.165) is 0 Å². The molecule has 0 nitrogen and oxygen atoms in total. The van der Waals surface area contributed by atoms with E-state index in [0.29, 0.717) is 0 Å². The van der Waals surface area contributed by atoms with Crippen LogP contribution in [0, 0.1) is 0 Å². The third-order valence-electron chi connectivity index (χ3n) is 5.98. The van der Waals surface area contributed by atoms with Crippen LogP contribution in [0.25, 0.3) is 0 Å². The van der Waals surface area contributed by atoms with Crippen molar-refractivity contribution in [2.24, 2.45) is 0 Å². The Hall–Kier alpha value is -0.350. The number of benzene rings is 1. The Balaban J connectivity index is 2.17. The van der Waals surface area contributed by atoms with Crippen LogP contribution in [-0.2, 0) is 6.16 Å². The van der Waals surface area contributed by atoms with Gasteiger partial charge in [0.1, 0.15) is 0 Å². The molecule has 0 fully saturated rings. The Kier molecular flexibility index (Phi) is 12.6. The molecule has 140 valence electrons. The molecule has 1 aromatic carbocycles. The molecule has 0 saturated heterocycles. The maximum atomic E-state index is 2.45. The van der Waals surface area contributed by atoms with Crippen molar-refractivity contribution in [1.29, 1.82) is 0 Å². The van der Waals surface area contributed by atoms with Gasteiger partial charge in [0.05, 0.1) is 0 Å². The second kappa shape index (κ2) is 13.9. The van der Waals surface area contributed by atoms with E-state index >= 15 is 0 Å². The van der Waals surface area contributed by atoms with Crippen LogP contribution in [0.4, 0.5) is 0 Å².